The van der Waals surface area contributed by atoms with Gasteiger partial charge in [0.2, 0.25) is 0 Å². The number of pyridine rings is 1. The molecule has 87 heavy (non-hydrogen) atoms. The van der Waals surface area contributed by atoms with Crippen molar-refractivity contribution >= 4 is 68.8 Å². The molecule has 1 spiro atoms. The zero-order valence-corrected chi connectivity index (χ0v) is 55.8. The first-order chi connectivity index (χ1) is 43.0. The largest absolute Gasteiger partial charge is 0.509 e. The van der Waals surface area contributed by atoms with Crippen LogP contribution < -0.4 is 40.2 Å². The molecule has 442 valence electrons. The van der Waals surface area contributed by atoms with Crippen molar-refractivity contribution in [2.75, 3.05) is 14.7 Å². The fraction of sp³-hybridized carbons (Fsp3) is 0.250. The number of rotatable bonds is 9. The molecule has 13 rings (SSSR count). The molecule has 0 amide bonds. The number of ether oxygens (including phenoxy) is 1. The molecule has 5 nitrogen and oxygen atoms in total. The Bertz CT molecular complexity index is 4470. The second-order valence-corrected chi connectivity index (χ2v) is 31.8. The summed E-state index contributed by atoms with van der Waals surface area (Å²) in [5.74, 6) is 2.29. The molecule has 10 aromatic rings. The van der Waals surface area contributed by atoms with E-state index in [0.29, 0.717) is 34.4 Å². The zero-order valence-electron chi connectivity index (χ0n) is 57.5. The normalized spacial score (nSPS) is 14.9. The molecule has 0 unspecified atom stereocenters. The van der Waals surface area contributed by atoms with Gasteiger partial charge in [0.05, 0.1) is 6.85 Å². The zero-order chi connectivity index (χ0) is 64.6. The van der Waals surface area contributed by atoms with Gasteiger partial charge in [-0.05, 0) is 130 Å². The molecule has 0 saturated heterocycles. The van der Waals surface area contributed by atoms with Crippen molar-refractivity contribution in [3.8, 4) is 44.9 Å². The first kappa shape index (κ1) is 53.5. The monoisotopic (exact) mass is 1340 g/mol. The van der Waals surface area contributed by atoms with E-state index >= 15 is 0 Å². The van der Waals surface area contributed by atoms with Gasteiger partial charge in [0.1, 0.15) is 13.9 Å². The Morgan fingerprint density at radius 2 is 1.07 bits per heavy atom. The topological polar surface area (TPSA) is 31.8 Å². The minimum atomic E-state index is -3.16. The Labute approximate surface area is 540 Å². The molecule has 0 saturated carbocycles. The number of aromatic nitrogens is 1. The van der Waals surface area contributed by atoms with Gasteiger partial charge < -0.3 is 19.4 Å². The second kappa shape index (κ2) is 22.1. The summed E-state index contributed by atoms with van der Waals surface area (Å²) >= 11 is 0. The van der Waals surface area contributed by atoms with Crippen molar-refractivity contribution in [2.24, 2.45) is 5.92 Å². The molecule has 0 bridgehead atoms. The summed E-state index contributed by atoms with van der Waals surface area (Å²) < 4.78 is 52.2. The fourth-order valence-corrected chi connectivity index (χ4v) is 18.5. The van der Waals surface area contributed by atoms with E-state index in [2.05, 4.69) is 245 Å². The molecular weight excluding hydrogens is 1260 g/mol. The third kappa shape index (κ3) is 10.6. The number of nitrogens with zero attached hydrogens (tertiary/aromatic N) is 4. The van der Waals surface area contributed by atoms with E-state index in [0.717, 1.165) is 57.2 Å². The van der Waals surface area contributed by atoms with Crippen molar-refractivity contribution in [3.05, 3.63) is 247 Å². The molecule has 3 aliphatic heterocycles. The molecule has 0 radical (unpaired) electrons. The Balaban J connectivity index is 0.00000816. The summed E-state index contributed by atoms with van der Waals surface area (Å²) in [5.41, 5.74) is 15.6. The summed E-state index contributed by atoms with van der Waals surface area (Å²) in [4.78, 5) is 11.7. The van der Waals surface area contributed by atoms with Gasteiger partial charge in [0.25, 0.3) is 0 Å². The van der Waals surface area contributed by atoms with Gasteiger partial charge in [-0.1, -0.05) is 236 Å². The van der Waals surface area contributed by atoms with Crippen molar-refractivity contribution in [1.82, 2.24) is 4.98 Å². The number of para-hydroxylation sites is 4. The molecule has 7 heteroatoms. The van der Waals surface area contributed by atoms with E-state index in [-0.39, 0.29) is 60.4 Å². The van der Waals surface area contributed by atoms with E-state index in [1.165, 1.54) is 48.6 Å². The summed E-state index contributed by atoms with van der Waals surface area (Å²) in [7, 11) is -3.16. The molecule has 1 aromatic heterocycles. The number of hydrogen-bond acceptors (Lipinski definition) is 5. The predicted octanol–water partition coefficient (Wildman–Crippen LogP) is 18.7. The minimum Gasteiger partial charge on any atom is -0.509 e. The van der Waals surface area contributed by atoms with E-state index in [1.54, 1.807) is 0 Å². The van der Waals surface area contributed by atoms with Gasteiger partial charge in [0.15, 0.2) is 0 Å². The third-order valence-corrected chi connectivity index (χ3v) is 22.4. The van der Waals surface area contributed by atoms with E-state index in [4.69, 9.17) is 13.8 Å². The third-order valence-electron chi connectivity index (χ3n) is 17.5. The average molecular weight is 1340 g/mol. The van der Waals surface area contributed by atoms with Crippen molar-refractivity contribution in [2.45, 2.75) is 125 Å². The van der Waals surface area contributed by atoms with Crippen LogP contribution in [0.15, 0.2) is 200 Å². The Hall–Kier alpha value is -7.76. The van der Waals surface area contributed by atoms with E-state index in [1.807, 2.05) is 55.3 Å². The van der Waals surface area contributed by atoms with Gasteiger partial charge in [-0.25, -0.2) is 4.98 Å². The van der Waals surface area contributed by atoms with Gasteiger partial charge >= 0.3 is 0 Å². The van der Waals surface area contributed by atoms with Crippen LogP contribution in [0, 0.1) is 24.7 Å². The van der Waals surface area contributed by atoms with E-state index in [9.17, 15) is 2.74 Å². The van der Waals surface area contributed by atoms with Crippen LogP contribution in [0.25, 0.3) is 33.4 Å². The minimum absolute atomic E-state index is 0. The molecule has 0 atom stereocenters. The molecule has 9 aromatic carbocycles. The van der Waals surface area contributed by atoms with E-state index < -0.39 is 26.2 Å². The summed E-state index contributed by atoms with van der Waals surface area (Å²) in [5, 5.41) is 5.29. The number of benzene rings is 9. The number of fused-ring (bicyclic) bond motifs is 10. The van der Waals surface area contributed by atoms with Gasteiger partial charge in [-0.2, -0.15) is 12.1 Å². The summed E-state index contributed by atoms with van der Waals surface area (Å²) in [6.07, 6.45) is 2.86. The molecule has 0 aliphatic carbocycles. The molecule has 0 fully saturated rings. The summed E-state index contributed by atoms with van der Waals surface area (Å²) in [6, 6.07) is 64.9. The van der Waals surface area contributed by atoms with Gasteiger partial charge in [-0.15, -0.1) is 47.9 Å². The van der Waals surface area contributed by atoms with Crippen LogP contribution in [0.2, 0.25) is 0 Å². The van der Waals surface area contributed by atoms with Crippen LogP contribution in [0.4, 0.5) is 39.9 Å². The maximum atomic E-state index is 9.37. The molecule has 0 N–H and O–H groups in total. The standard InChI is InChI=1S/C80H79N4OSi.Pt/c1-52(2)42-53-40-41-81-75(43-53)84-69-32-20-21-33-71(69)86(73-47-56(77(3,4)5)34-37-65(73)66-38-35-57(48-74(66)86)78(6,7)8)72-39-36-62(50-70(72)84)85-61-27-22-26-60(49-61)82-51-83(68-31-19-18-30-67(68)82)76-63(54-24-16-15-17-25-54)28-23-29-64(76)55-44-58(79(9,10)11)46-59(45-55)80(12,13)14;/h15-41,43-48,51-52H,42H2,1-14H3;/q-3;/i15D,16D,17D,24D,25D;. The van der Waals surface area contributed by atoms with Crippen LogP contribution in [0.5, 0.6) is 11.5 Å². The van der Waals surface area contributed by atoms with Gasteiger partial charge in [0, 0.05) is 72.6 Å². The van der Waals surface area contributed by atoms with Crippen molar-refractivity contribution in [1.29, 1.82) is 0 Å². The van der Waals surface area contributed by atoms with Crippen LogP contribution in [-0.4, -0.2) is 13.1 Å². The first-order valence-corrected chi connectivity index (χ1v) is 32.3. The molecular formula is C80H79N4OPtSi-3. The number of hydrogen-bond donors (Lipinski definition) is 0. The first-order valence-electron chi connectivity index (χ1n) is 32.8. The Morgan fingerprint density at radius 1 is 0.506 bits per heavy atom. The predicted molar refractivity (Wildman–Crippen MR) is 365 cm³/mol. The van der Waals surface area contributed by atoms with Crippen LogP contribution >= 0.6 is 0 Å². The van der Waals surface area contributed by atoms with Crippen molar-refractivity contribution < 1.29 is 32.7 Å². The number of anilines is 7. The van der Waals surface area contributed by atoms with Crippen LogP contribution in [0.3, 0.4) is 0 Å². The maximum absolute atomic E-state index is 9.37. The maximum Gasteiger partial charge on any atom is 0.135 e. The molecule has 4 heterocycles. The summed E-state index contributed by atoms with van der Waals surface area (Å²) in [6.45, 7) is 33.7. The van der Waals surface area contributed by atoms with Gasteiger partial charge in [-0.3, -0.25) is 0 Å². The molecule has 3 aliphatic rings. The SMILES string of the molecule is [2H]c1c([2H])c([2H])c(-c2cccc(-c3cc(C(C)(C)C)cc(C(C)(C)C)c3)c2N2[CH-]N(c3[c-]c(Oc4[c-]c5c(cc4)[Si]4(c6cc(C(C)(C)C)ccc6-c6ccc(C(C)(C)C)cc64)c4ccccc4N5c4cc(CC(C)C)ccn4)ccc3)c3ccccc32)c([2H])c1[2H].[Pt]. The fourth-order valence-electron chi connectivity index (χ4n) is 13.0. The van der Waals surface area contributed by atoms with Crippen LogP contribution in [0.1, 0.15) is 132 Å². The second-order valence-electron chi connectivity index (χ2n) is 28.2. The quantitative estimate of drug-likeness (QED) is 0.106. The Morgan fingerprint density at radius 3 is 1.68 bits per heavy atom. The van der Waals surface area contributed by atoms with Crippen LogP contribution in [-0.2, 0) is 49.1 Å². The Kier molecular flexibility index (Phi) is 13.6. The smallest absolute Gasteiger partial charge is 0.135 e. The average Bonchev–Trinajstić information content (AvgIpc) is 1.44. The van der Waals surface area contributed by atoms with Crippen molar-refractivity contribution in [3.63, 3.8) is 0 Å².